The average molecular weight is 476 g/mol. The van der Waals surface area contributed by atoms with Gasteiger partial charge >= 0.3 is 5.97 Å². The SMILES string of the molecule is CC(C)OC(=O)CNP(=O)(COCCn1cnc2c(N)ncnc21)c1ccc2c(c1)OCO2. The summed E-state index contributed by atoms with van der Waals surface area (Å²) in [6.07, 6.45) is 2.54. The van der Waals surface area contributed by atoms with Crippen LogP contribution in [0.25, 0.3) is 11.2 Å². The lowest BCUT2D eigenvalue weighted by Crippen LogP contribution is -2.30. The van der Waals surface area contributed by atoms with Gasteiger partial charge < -0.3 is 29.2 Å². The number of esters is 1. The van der Waals surface area contributed by atoms with Gasteiger partial charge in [-0.25, -0.2) is 15.0 Å². The quantitative estimate of drug-likeness (QED) is 0.247. The van der Waals surface area contributed by atoms with Crippen molar-refractivity contribution in [2.75, 3.05) is 32.0 Å². The van der Waals surface area contributed by atoms with Crippen LogP contribution in [0.1, 0.15) is 13.8 Å². The van der Waals surface area contributed by atoms with E-state index in [1.807, 2.05) is 0 Å². The maximum Gasteiger partial charge on any atom is 0.320 e. The Morgan fingerprint density at radius 2 is 2.09 bits per heavy atom. The Balaban J connectivity index is 1.44. The van der Waals surface area contributed by atoms with E-state index in [0.29, 0.717) is 40.3 Å². The monoisotopic (exact) mass is 476 g/mol. The van der Waals surface area contributed by atoms with Crippen LogP contribution in [0.2, 0.25) is 0 Å². The number of ether oxygens (including phenoxy) is 4. The molecule has 0 spiro atoms. The highest BCUT2D eigenvalue weighted by molar-refractivity contribution is 7.69. The Hall–Kier alpha value is -3.21. The number of hydrogen-bond acceptors (Lipinski definition) is 10. The van der Waals surface area contributed by atoms with Crippen molar-refractivity contribution >= 4 is 35.5 Å². The Morgan fingerprint density at radius 3 is 2.91 bits per heavy atom. The van der Waals surface area contributed by atoms with E-state index in [1.54, 1.807) is 42.9 Å². The van der Waals surface area contributed by atoms with Gasteiger partial charge in [0.1, 0.15) is 24.7 Å². The van der Waals surface area contributed by atoms with Crippen LogP contribution < -0.4 is 25.6 Å². The lowest BCUT2D eigenvalue weighted by Gasteiger charge is -2.20. The molecule has 0 aliphatic carbocycles. The van der Waals surface area contributed by atoms with Crippen molar-refractivity contribution in [2.45, 2.75) is 26.5 Å². The van der Waals surface area contributed by atoms with Gasteiger partial charge in [0.15, 0.2) is 23.0 Å². The third-order valence-corrected chi connectivity index (χ3v) is 7.13. The average Bonchev–Trinajstić information content (AvgIpc) is 3.42. The summed E-state index contributed by atoms with van der Waals surface area (Å²) in [4.78, 5) is 24.4. The number of nitrogen functional groups attached to an aromatic ring is 1. The number of imidazole rings is 1. The molecule has 0 fully saturated rings. The third-order valence-electron chi connectivity index (χ3n) is 4.80. The highest BCUT2D eigenvalue weighted by atomic mass is 31.2. The molecule has 1 aromatic carbocycles. The van der Waals surface area contributed by atoms with E-state index in [1.165, 1.54) is 6.33 Å². The fraction of sp³-hybridized carbons (Fsp3) is 0.400. The largest absolute Gasteiger partial charge is 0.462 e. The summed E-state index contributed by atoms with van der Waals surface area (Å²) in [5.74, 6) is 0.845. The molecular formula is C20H25N6O6P. The smallest absolute Gasteiger partial charge is 0.320 e. The molecule has 1 unspecified atom stereocenters. The molecule has 0 amide bonds. The van der Waals surface area contributed by atoms with E-state index < -0.39 is 13.3 Å². The summed E-state index contributed by atoms with van der Waals surface area (Å²) in [6, 6.07) is 4.98. The molecular weight excluding hydrogens is 451 g/mol. The third kappa shape index (κ3) is 5.24. The predicted molar refractivity (Wildman–Crippen MR) is 120 cm³/mol. The number of fused-ring (bicyclic) bond motifs is 2. The van der Waals surface area contributed by atoms with Crippen LogP contribution in [0, 0.1) is 0 Å². The molecule has 33 heavy (non-hydrogen) atoms. The standard InChI is InChI=1S/C20H25N6O6P/c1-13(2)32-17(27)8-25-33(28,14-3-4-15-16(7-14)31-11-30-15)12-29-6-5-26-10-24-18-19(21)22-9-23-20(18)26/h3-4,7,9-10,13H,5-6,8,11-12H2,1-2H3,(H,25,28)(H2,21,22,23). The zero-order valence-corrected chi connectivity index (χ0v) is 19.2. The highest BCUT2D eigenvalue weighted by Gasteiger charge is 2.29. The van der Waals surface area contributed by atoms with Gasteiger partial charge in [-0.1, -0.05) is 0 Å². The van der Waals surface area contributed by atoms with Gasteiger partial charge in [0.25, 0.3) is 0 Å². The molecule has 3 aromatic rings. The Bertz CT molecular complexity index is 1200. The number of hydrogen-bond donors (Lipinski definition) is 2. The Labute approximate surface area is 189 Å². The molecule has 3 heterocycles. The molecule has 1 aliphatic rings. The van der Waals surface area contributed by atoms with Gasteiger partial charge in [0.05, 0.1) is 19.0 Å². The van der Waals surface area contributed by atoms with Crippen molar-refractivity contribution in [1.29, 1.82) is 0 Å². The van der Waals surface area contributed by atoms with Crippen LogP contribution in [0.4, 0.5) is 5.82 Å². The van der Waals surface area contributed by atoms with E-state index in [9.17, 15) is 9.36 Å². The van der Waals surface area contributed by atoms with Gasteiger partial charge in [-0.2, -0.15) is 0 Å². The lowest BCUT2D eigenvalue weighted by molar-refractivity contribution is -0.145. The molecule has 13 heteroatoms. The number of aromatic nitrogens is 4. The van der Waals surface area contributed by atoms with Gasteiger partial charge in [-0.05, 0) is 32.0 Å². The number of benzene rings is 1. The van der Waals surface area contributed by atoms with Crippen molar-refractivity contribution in [3.63, 3.8) is 0 Å². The summed E-state index contributed by atoms with van der Waals surface area (Å²) in [5, 5.41) is 3.30. The number of nitrogens with two attached hydrogens (primary N) is 1. The lowest BCUT2D eigenvalue weighted by atomic mass is 10.3. The van der Waals surface area contributed by atoms with E-state index >= 15 is 0 Å². The van der Waals surface area contributed by atoms with E-state index in [2.05, 4.69) is 20.0 Å². The minimum absolute atomic E-state index is 0.0979. The molecule has 0 saturated heterocycles. The first-order chi connectivity index (χ1) is 15.9. The number of carbonyl (C=O) groups is 1. The second-order valence-corrected chi connectivity index (χ2v) is 10.1. The number of carbonyl (C=O) groups excluding carboxylic acids is 1. The highest BCUT2D eigenvalue weighted by Crippen LogP contribution is 2.43. The minimum atomic E-state index is -3.34. The number of nitrogens with one attached hydrogen (secondary N) is 1. The molecule has 0 radical (unpaired) electrons. The number of anilines is 1. The van der Waals surface area contributed by atoms with Crippen molar-refractivity contribution < 1.29 is 28.3 Å². The van der Waals surface area contributed by atoms with Gasteiger partial charge in [0, 0.05) is 11.8 Å². The maximum atomic E-state index is 13.8. The summed E-state index contributed by atoms with van der Waals surface area (Å²) in [7, 11) is -3.34. The molecule has 1 atom stereocenters. The second kappa shape index (κ2) is 9.74. The molecule has 1 aliphatic heterocycles. The van der Waals surface area contributed by atoms with Crippen LogP contribution in [0.5, 0.6) is 11.5 Å². The van der Waals surface area contributed by atoms with Crippen LogP contribution in [0.3, 0.4) is 0 Å². The van der Waals surface area contributed by atoms with Crippen LogP contribution >= 0.6 is 7.29 Å². The van der Waals surface area contributed by atoms with Crippen molar-refractivity contribution in [3.05, 3.63) is 30.9 Å². The summed E-state index contributed by atoms with van der Waals surface area (Å²) < 4.78 is 37.2. The maximum absolute atomic E-state index is 13.8. The fourth-order valence-corrected chi connectivity index (χ4v) is 5.07. The zero-order chi connectivity index (χ0) is 23.4. The number of rotatable bonds is 10. The van der Waals surface area contributed by atoms with Crippen LogP contribution in [-0.4, -0.2) is 57.9 Å². The van der Waals surface area contributed by atoms with E-state index in [4.69, 9.17) is 24.7 Å². The van der Waals surface area contributed by atoms with Crippen molar-refractivity contribution in [2.24, 2.45) is 0 Å². The first-order valence-electron chi connectivity index (χ1n) is 10.3. The summed E-state index contributed by atoms with van der Waals surface area (Å²) in [6.45, 7) is 4.00. The van der Waals surface area contributed by atoms with E-state index in [-0.39, 0.29) is 32.4 Å². The van der Waals surface area contributed by atoms with Crippen LogP contribution in [-0.2, 0) is 25.4 Å². The zero-order valence-electron chi connectivity index (χ0n) is 18.3. The van der Waals surface area contributed by atoms with Gasteiger partial charge in [-0.15, -0.1) is 0 Å². The molecule has 0 bridgehead atoms. The Kier molecular flexibility index (Phi) is 6.77. The molecule has 4 rings (SSSR count). The summed E-state index contributed by atoms with van der Waals surface area (Å²) >= 11 is 0. The molecule has 12 nitrogen and oxygen atoms in total. The first-order valence-corrected chi connectivity index (χ1v) is 12.2. The predicted octanol–water partition coefficient (Wildman–Crippen LogP) is 1.26. The van der Waals surface area contributed by atoms with Crippen LogP contribution in [0.15, 0.2) is 30.9 Å². The molecule has 2 aromatic heterocycles. The molecule has 0 saturated carbocycles. The molecule has 176 valence electrons. The fourth-order valence-electron chi connectivity index (χ4n) is 3.24. The van der Waals surface area contributed by atoms with Gasteiger partial charge in [0.2, 0.25) is 14.1 Å². The van der Waals surface area contributed by atoms with Gasteiger partial charge in [-0.3, -0.25) is 14.4 Å². The van der Waals surface area contributed by atoms with Crippen molar-refractivity contribution in [3.8, 4) is 11.5 Å². The normalized spacial score (nSPS) is 14.5. The molecule has 3 N–H and O–H groups in total. The van der Waals surface area contributed by atoms with E-state index in [0.717, 1.165) is 0 Å². The minimum Gasteiger partial charge on any atom is -0.462 e. The second-order valence-electron chi connectivity index (χ2n) is 7.56. The first kappa shape index (κ1) is 23.0. The number of nitrogens with zero attached hydrogens (tertiary/aromatic N) is 4. The topological polar surface area (TPSA) is 153 Å². The van der Waals surface area contributed by atoms with Crippen molar-refractivity contribution in [1.82, 2.24) is 24.6 Å². The summed E-state index contributed by atoms with van der Waals surface area (Å²) in [5.41, 5.74) is 6.90. The Morgan fingerprint density at radius 1 is 1.27 bits per heavy atom.